The predicted octanol–water partition coefficient (Wildman–Crippen LogP) is 18.1. The summed E-state index contributed by atoms with van der Waals surface area (Å²) >= 11 is 0. The average molecular weight is 844 g/mol. The van der Waals surface area contributed by atoms with Crippen molar-refractivity contribution in [1.29, 1.82) is 0 Å². The Hall–Kier alpha value is -8.40. The SMILES string of the molecule is CC1(C)c2ccccc2-c2ccc(N(c3ccc(-c4cccc5c4oc4ccccc45)cc3)c3cccc(-c4cccc5c6ccc7oc8ccccc8c7c6c6ccccc6c45)c3)cc21. The van der Waals surface area contributed by atoms with E-state index < -0.39 is 0 Å². The van der Waals surface area contributed by atoms with Crippen LogP contribution < -0.4 is 4.90 Å². The number of nitrogens with zero attached hydrogens (tertiary/aromatic N) is 1. The largest absolute Gasteiger partial charge is 0.456 e. The van der Waals surface area contributed by atoms with E-state index in [1.807, 2.05) is 18.2 Å². The summed E-state index contributed by atoms with van der Waals surface area (Å²) in [5, 5.41) is 12.0. The summed E-state index contributed by atoms with van der Waals surface area (Å²) in [6, 6.07) is 77.3. The van der Waals surface area contributed by atoms with E-state index in [2.05, 4.69) is 213 Å². The molecule has 0 saturated heterocycles. The zero-order valence-electron chi connectivity index (χ0n) is 36.5. The minimum absolute atomic E-state index is 0.147. The highest BCUT2D eigenvalue weighted by atomic mass is 16.3. The molecule has 0 atom stereocenters. The van der Waals surface area contributed by atoms with Crippen LogP contribution in [0.2, 0.25) is 0 Å². The first-order valence-corrected chi connectivity index (χ1v) is 22.8. The second-order valence-corrected chi connectivity index (χ2v) is 18.3. The van der Waals surface area contributed by atoms with Crippen LogP contribution in [0.3, 0.4) is 0 Å². The highest BCUT2D eigenvalue weighted by Gasteiger charge is 2.36. The lowest BCUT2D eigenvalue weighted by Crippen LogP contribution is -2.16. The molecule has 3 heteroatoms. The molecular formula is C63H41NO2. The third-order valence-corrected chi connectivity index (χ3v) is 14.4. The molecule has 0 bridgehead atoms. The van der Waals surface area contributed by atoms with E-state index >= 15 is 0 Å². The molecule has 2 heterocycles. The maximum absolute atomic E-state index is 6.50. The molecular weight excluding hydrogens is 803 g/mol. The number of furan rings is 2. The lowest BCUT2D eigenvalue weighted by atomic mass is 9.82. The molecule has 0 saturated carbocycles. The fourth-order valence-corrected chi connectivity index (χ4v) is 11.4. The molecule has 0 N–H and O–H groups in total. The lowest BCUT2D eigenvalue weighted by molar-refractivity contribution is 0.660. The Balaban J connectivity index is 0.962. The topological polar surface area (TPSA) is 29.5 Å². The number of anilines is 3. The molecule has 310 valence electrons. The molecule has 0 spiro atoms. The number of para-hydroxylation sites is 3. The Bertz CT molecular complexity index is 4120. The average Bonchev–Trinajstić information content (AvgIpc) is 4.02. The fraction of sp³-hybridized carbons (Fsp3) is 0.0476. The molecule has 3 nitrogen and oxygen atoms in total. The van der Waals surface area contributed by atoms with Crippen LogP contribution in [-0.4, -0.2) is 0 Å². The first kappa shape index (κ1) is 37.0. The van der Waals surface area contributed by atoms with Crippen LogP contribution in [0.5, 0.6) is 0 Å². The van der Waals surface area contributed by atoms with Gasteiger partial charge in [0.15, 0.2) is 0 Å². The van der Waals surface area contributed by atoms with E-state index in [0.29, 0.717) is 0 Å². The van der Waals surface area contributed by atoms with Gasteiger partial charge in [0.25, 0.3) is 0 Å². The summed E-state index contributed by atoms with van der Waals surface area (Å²) < 4.78 is 12.9. The van der Waals surface area contributed by atoms with E-state index in [9.17, 15) is 0 Å². The summed E-state index contributed by atoms with van der Waals surface area (Å²) in [7, 11) is 0. The van der Waals surface area contributed by atoms with Gasteiger partial charge in [-0.3, -0.25) is 0 Å². The van der Waals surface area contributed by atoms with Gasteiger partial charge in [-0.05, 0) is 127 Å². The van der Waals surface area contributed by atoms with Crippen molar-refractivity contribution in [3.8, 4) is 33.4 Å². The fourth-order valence-electron chi connectivity index (χ4n) is 11.4. The second-order valence-electron chi connectivity index (χ2n) is 18.3. The van der Waals surface area contributed by atoms with Crippen LogP contribution in [-0.2, 0) is 5.41 Å². The van der Waals surface area contributed by atoms with Gasteiger partial charge in [0, 0.05) is 55.0 Å². The third kappa shape index (κ3) is 5.26. The van der Waals surface area contributed by atoms with Gasteiger partial charge in [-0.25, -0.2) is 0 Å². The molecule has 1 aliphatic rings. The van der Waals surface area contributed by atoms with Crippen molar-refractivity contribution in [3.63, 3.8) is 0 Å². The zero-order chi connectivity index (χ0) is 43.7. The molecule has 0 radical (unpaired) electrons. The summed E-state index contributed by atoms with van der Waals surface area (Å²) in [4.78, 5) is 2.42. The van der Waals surface area contributed by atoms with E-state index in [0.717, 1.165) is 72.2 Å². The highest BCUT2D eigenvalue weighted by Crippen LogP contribution is 2.51. The van der Waals surface area contributed by atoms with Gasteiger partial charge in [0.1, 0.15) is 22.3 Å². The van der Waals surface area contributed by atoms with Crippen molar-refractivity contribution in [2.75, 3.05) is 4.90 Å². The maximum atomic E-state index is 6.50. The molecule has 0 aliphatic heterocycles. The Kier molecular flexibility index (Phi) is 7.74. The van der Waals surface area contributed by atoms with Crippen molar-refractivity contribution < 1.29 is 8.83 Å². The summed E-state index contributed by atoms with van der Waals surface area (Å²) in [5.74, 6) is 0. The standard InChI is InChI=1S/C63H41NO2/c1-63(2)54-25-8-5-16-45(54)46-33-32-42(37-55(46)63)64(40-30-28-38(29-31-40)44-22-13-24-52-47-17-6-9-26-56(47)66-62(44)52)41-15-11-14-39(36-41)43-21-12-23-49-51-34-35-58-61(53-20-7-10-27-57(53)65-58)60(51)50-19-4-3-18-48(50)59(43)49/h3-37H,1-2H3. The number of fused-ring (bicyclic) bond motifs is 16. The number of hydrogen-bond acceptors (Lipinski definition) is 3. The minimum atomic E-state index is -0.147. The summed E-state index contributed by atoms with van der Waals surface area (Å²) in [6.45, 7) is 4.71. The molecule has 0 fully saturated rings. The van der Waals surface area contributed by atoms with Crippen LogP contribution in [0.15, 0.2) is 221 Å². The second kappa shape index (κ2) is 13.8. The van der Waals surface area contributed by atoms with Crippen LogP contribution in [0.4, 0.5) is 17.1 Å². The van der Waals surface area contributed by atoms with Gasteiger partial charge >= 0.3 is 0 Å². The van der Waals surface area contributed by atoms with Gasteiger partial charge in [-0.1, -0.05) is 166 Å². The van der Waals surface area contributed by atoms with Crippen molar-refractivity contribution in [3.05, 3.63) is 223 Å². The lowest BCUT2D eigenvalue weighted by Gasteiger charge is -2.28. The molecule has 2 aromatic heterocycles. The monoisotopic (exact) mass is 843 g/mol. The van der Waals surface area contributed by atoms with E-state index in [1.165, 1.54) is 65.5 Å². The van der Waals surface area contributed by atoms with Crippen molar-refractivity contribution in [1.82, 2.24) is 0 Å². The van der Waals surface area contributed by atoms with E-state index in [4.69, 9.17) is 8.83 Å². The zero-order valence-corrected chi connectivity index (χ0v) is 36.5. The van der Waals surface area contributed by atoms with Crippen molar-refractivity contribution in [2.45, 2.75) is 19.3 Å². The van der Waals surface area contributed by atoms with Gasteiger partial charge in [0.05, 0.1) is 0 Å². The van der Waals surface area contributed by atoms with Crippen LogP contribution in [0, 0.1) is 0 Å². The molecule has 14 rings (SSSR count). The Labute approximate surface area is 381 Å². The highest BCUT2D eigenvalue weighted by molar-refractivity contribution is 6.36. The first-order valence-electron chi connectivity index (χ1n) is 22.8. The Morgan fingerprint density at radius 2 is 0.894 bits per heavy atom. The molecule has 11 aromatic carbocycles. The number of benzene rings is 11. The predicted molar refractivity (Wildman–Crippen MR) is 277 cm³/mol. The summed E-state index contributed by atoms with van der Waals surface area (Å²) in [6.07, 6.45) is 0. The van der Waals surface area contributed by atoms with Crippen molar-refractivity contribution in [2.24, 2.45) is 0 Å². The quantitative estimate of drug-likeness (QED) is 0.162. The minimum Gasteiger partial charge on any atom is -0.456 e. The Morgan fingerprint density at radius 3 is 1.71 bits per heavy atom. The normalized spacial score (nSPS) is 13.1. The molecule has 1 aliphatic carbocycles. The molecule has 13 aromatic rings. The van der Waals surface area contributed by atoms with E-state index in [1.54, 1.807) is 0 Å². The third-order valence-electron chi connectivity index (χ3n) is 14.4. The Morgan fingerprint density at radius 1 is 0.318 bits per heavy atom. The van der Waals surface area contributed by atoms with Gasteiger partial charge in [-0.2, -0.15) is 0 Å². The van der Waals surface area contributed by atoms with Gasteiger partial charge < -0.3 is 13.7 Å². The first-order chi connectivity index (χ1) is 32.5. The van der Waals surface area contributed by atoms with Gasteiger partial charge in [0.2, 0.25) is 0 Å². The number of hydrogen-bond donors (Lipinski definition) is 0. The van der Waals surface area contributed by atoms with E-state index in [-0.39, 0.29) is 5.41 Å². The van der Waals surface area contributed by atoms with Gasteiger partial charge in [-0.15, -0.1) is 0 Å². The van der Waals surface area contributed by atoms with Crippen LogP contribution in [0.1, 0.15) is 25.0 Å². The number of rotatable bonds is 5. The van der Waals surface area contributed by atoms with Crippen LogP contribution >= 0.6 is 0 Å². The maximum Gasteiger partial charge on any atom is 0.143 e. The van der Waals surface area contributed by atoms with Crippen LogP contribution in [0.25, 0.3) is 110 Å². The molecule has 0 unspecified atom stereocenters. The van der Waals surface area contributed by atoms with Crippen molar-refractivity contribution >= 4 is 93.3 Å². The molecule has 66 heavy (non-hydrogen) atoms. The smallest absolute Gasteiger partial charge is 0.143 e. The molecule has 0 amide bonds. The summed E-state index contributed by atoms with van der Waals surface area (Å²) in [5.41, 5.74) is 16.6.